The van der Waals surface area contributed by atoms with Crippen LogP contribution in [-0.4, -0.2) is 39.6 Å². The normalized spacial score (nSPS) is 12.5. The molecule has 0 saturated heterocycles. The molecule has 0 spiro atoms. The lowest BCUT2D eigenvalue weighted by Gasteiger charge is -2.15. The van der Waals surface area contributed by atoms with Crippen LogP contribution in [0.25, 0.3) is 0 Å². The highest BCUT2D eigenvalue weighted by atomic mass is 32.2. The van der Waals surface area contributed by atoms with E-state index in [9.17, 15) is 18.0 Å². The quantitative estimate of drug-likeness (QED) is 0.644. The lowest BCUT2D eigenvalue weighted by molar-refractivity contribution is -0.125. The van der Waals surface area contributed by atoms with Crippen molar-refractivity contribution in [1.29, 1.82) is 0 Å². The molecular weight excluding hydrogens is 294 g/mol. The van der Waals surface area contributed by atoms with Gasteiger partial charge in [-0.25, -0.2) is 8.42 Å². The molecule has 0 aliphatic rings. The topological polar surface area (TPSA) is 118 Å². The Morgan fingerprint density at radius 1 is 1.19 bits per heavy atom. The molecule has 1 unspecified atom stereocenters. The minimum atomic E-state index is -3.24. The van der Waals surface area contributed by atoms with Crippen LogP contribution in [0.4, 0.5) is 0 Å². The molecular formula is C13H19N3O4S. The zero-order chi connectivity index (χ0) is 16.0. The highest BCUT2D eigenvalue weighted by molar-refractivity contribution is 7.90. The van der Waals surface area contributed by atoms with E-state index in [2.05, 4.69) is 10.6 Å². The first kappa shape index (κ1) is 17.1. The van der Waals surface area contributed by atoms with E-state index in [1.165, 1.54) is 12.1 Å². The van der Waals surface area contributed by atoms with E-state index in [-0.39, 0.29) is 29.9 Å². The van der Waals surface area contributed by atoms with Crippen LogP contribution in [0.15, 0.2) is 29.2 Å². The molecule has 0 heterocycles. The van der Waals surface area contributed by atoms with Gasteiger partial charge in [0.25, 0.3) is 0 Å². The van der Waals surface area contributed by atoms with E-state index in [4.69, 9.17) is 5.73 Å². The van der Waals surface area contributed by atoms with Crippen molar-refractivity contribution in [2.45, 2.75) is 17.9 Å². The van der Waals surface area contributed by atoms with E-state index >= 15 is 0 Å². The van der Waals surface area contributed by atoms with Crippen molar-refractivity contribution in [2.24, 2.45) is 5.73 Å². The Bertz CT molecular complexity index is 611. The SMILES string of the molecule is CC(NC(=O)CNC(=O)CN)c1ccc(S(C)(=O)=O)cc1. The first-order chi connectivity index (χ1) is 9.74. The fourth-order valence-corrected chi connectivity index (χ4v) is 2.26. The second-order valence-corrected chi connectivity index (χ2v) is 6.63. The number of nitrogens with one attached hydrogen (secondary N) is 2. The minimum Gasteiger partial charge on any atom is -0.348 e. The Morgan fingerprint density at radius 3 is 2.24 bits per heavy atom. The summed E-state index contributed by atoms with van der Waals surface area (Å²) in [6, 6.07) is 5.95. The molecule has 1 atom stereocenters. The number of hydrogen-bond donors (Lipinski definition) is 3. The van der Waals surface area contributed by atoms with Crippen LogP contribution in [0.1, 0.15) is 18.5 Å². The van der Waals surface area contributed by atoms with Crippen molar-refractivity contribution in [3.63, 3.8) is 0 Å². The van der Waals surface area contributed by atoms with Crippen LogP contribution in [0.2, 0.25) is 0 Å². The summed E-state index contributed by atoms with van der Waals surface area (Å²) < 4.78 is 22.7. The third kappa shape index (κ3) is 5.52. The first-order valence-corrected chi connectivity index (χ1v) is 8.19. The number of hydrogen-bond acceptors (Lipinski definition) is 5. The molecule has 1 aromatic rings. The lowest BCUT2D eigenvalue weighted by atomic mass is 10.1. The van der Waals surface area contributed by atoms with Gasteiger partial charge in [0.15, 0.2) is 9.84 Å². The fraction of sp³-hybridized carbons (Fsp3) is 0.385. The third-order valence-electron chi connectivity index (χ3n) is 2.82. The Kier molecular flexibility index (Phi) is 5.86. The summed E-state index contributed by atoms with van der Waals surface area (Å²) >= 11 is 0. The first-order valence-electron chi connectivity index (χ1n) is 6.30. The molecule has 0 aliphatic carbocycles. The number of carbonyl (C=O) groups is 2. The average Bonchev–Trinajstić information content (AvgIpc) is 2.43. The Labute approximate surface area is 123 Å². The predicted octanol–water partition coefficient (Wildman–Crippen LogP) is -0.658. The number of sulfone groups is 1. The predicted molar refractivity (Wildman–Crippen MR) is 78.2 cm³/mol. The van der Waals surface area contributed by atoms with Crippen LogP contribution in [0, 0.1) is 0 Å². The van der Waals surface area contributed by atoms with Gasteiger partial charge in [0.05, 0.1) is 24.0 Å². The summed E-state index contributed by atoms with van der Waals surface area (Å²) in [5.74, 6) is -0.758. The van der Waals surface area contributed by atoms with Gasteiger partial charge in [-0.2, -0.15) is 0 Å². The van der Waals surface area contributed by atoms with E-state index in [0.717, 1.165) is 11.8 Å². The van der Waals surface area contributed by atoms with Crippen LogP contribution in [-0.2, 0) is 19.4 Å². The van der Waals surface area contributed by atoms with Gasteiger partial charge in [-0.15, -0.1) is 0 Å². The fourth-order valence-electron chi connectivity index (χ4n) is 1.63. The minimum absolute atomic E-state index is 0.151. The van der Waals surface area contributed by atoms with Gasteiger partial charge < -0.3 is 16.4 Å². The maximum absolute atomic E-state index is 11.6. The smallest absolute Gasteiger partial charge is 0.239 e. The molecule has 2 amide bonds. The van der Waals surface area contributed by atoms with E-state index in [1.807, 2.05) is 0 Å². The molecule has 0 fully saturated rings. The average molecular weight is 313 g/mol. The van der Waals surface area contributed by atoms with E-state index in [0.29, 0.717) is 0 Å². The van der Waals surface area contributed by atoms with Crippen molar-refractivity contribution < 1.29 is 18.0 Å². The summed E-state index contributed by atoms with van der Waals surface area (Å²) in [5.41, 5.74) is 5.87. The summed E-state index contributed by atoms with van der Waals surface area (Å²) in [6.45, 7) is 1.44. The number of rotatable bonds is 6. The molecule has 116 valence electrons. The van der Waals surface area contributed by atoms with Gasteiger partial charge >= 0.3 is 0 Å². The molecule has 0 saturated carbocycles. The molecule has 0 aromatic heterocycles. The number of amides is 2. The maximum Gasteiger partial charge on any atom is 0.239 e. The van der Waals surface area contributed by atoms with Crippen LogP contribution >= 0.6 is 0 Å². The molecule has 21 heavy (non-hydrogen) atoms. The monoisotopic (exact) mass is 313 g/mol. The number of carbonyl (C=O) groups excluding carboxylic acids is 2. The molecule has 0 bridgehead atoms. The van der Waals surface area contributed by atoms with Gasteiger partial charge in [-0.1, -0.05) is 12.1 Å². The lowest BCUT2D eigenvalue weighted by Crippen LogP contribution is -2.40. The third-order valence-corrected chi connectivity index (χ3v) is 3.95. The maximum atomic E-state index is 11.6. The Morgan fingerprint density at radius 2 is 1.76 bits per heavy atom. The zero-order valence-electron chi connectivity index (χ0n) is 11.9. The Hall–Kier alpha value is -1.93. The van der Waals surface area contributed by atoms with Gasteiger partial charge in [0.1, 0.15) is 0 Å². The summed E-state index contributed by atoms with van der Waals surface area (Å²) in [4.78, 5) is 22.8. The molecule has 8 heteroatoms. The summed E-state index contributed by atoms with van der Waals surface area (Å²) in [5, 5.41) is 5.05. The second-order valence-electron chi connectivity index (χ2n) is 4.61. The van der Waals surface area contributed by atoms with Crippen LogP contribution in [0.5, 0.6) is 0 Å². The second kappa shape index (κ2) is 7.19. The van der Waals surface area contributed by atoms with Crippen LogP contribution < -0.4 is 16.4 Å². The zero-order valence-corrected chi connectivity index (χ0v) is 12.7. The molecule has 4 N–H and O–H groups in total. The van der Waals surface area contributed by atoms with E-state index in [1.54, 1.807) is 19.1 Å². The Balaban J connectivity index is 2.61. The standard InChI is InChI=1S/C13H19N3O4S/c1-9(16-13(18)8-15-12(17)7-14)10-3-5-11(6-4-10)21(2,19)20/h3-6,9H,7-8,14H2,1-2H3,(H,15,17)(H,16,18). The molecule has 1 rings (SSSR count). The number of nitrogens with two attached hydrogens (primary N) is 1. The highest BCUT2D eigenvalue weighted by Gasteiger charge is 2.12. The summed E-state index contributed by atoms with van der Waals surface area (Å²) in [7, 11) is -3.24. The van der Waals surface area contributed by atoms with Gasteiger partial charge in [0.2, 0.25) is 11.8 Å². The van der Waals surface area contributed by atoms with Crippen LogP contribution in [0.3, 0.4) is 0 Å². The largest absolute Gasteiger partial charge is 0.348 e. The van der Waals surface area contributed by atoms with Gasteiger partial charge in [-0.05, 0) is 24.6 Å². The molecule has 0 aliphatic heterocycles. The summed E-state index contributed by atoms with van der Waals surface area (Å²) in [6.07, 6.45) is 1.13. The number of benzene rings is 1. The molecule has 7 nitrogen and oxygen atoms in total. The van der Waals surface area contributed by atoms with Crippen molar-refractivity contribution in [3.05, 3.63) is 29.8 Å². The van der Waals surface area contributed by atoms with Crippen molar-refractivity contribution >= 4 is 21.7 Å². The van der Waals surface area contributed by atoms with E-state index < -0.39 is 15.7 Å². The van der Waals surface area contributed by atoms with Crippen molar-refractivity contribution in [2.75, 3.05) is 19.3 Å². The van der Waals surface area contributed by atoms with Crippen molar-refractivity contribution in [1.82, 2.24) is 10.6 Å². The van der Waals surface area contributed by atoms with Crippen molar-refractivity contribution in [3.8, 4) is 0 Å². The molecule has 1 aromatic carbocycles. The van der Waals surface area contributed by atoms with Gasteiger partial charge in [0, 0.05) is 6.26 Å². The van der Waals surface area contributed by atoms with Gasteiger partial charge in [-0.3, -0.25) is 9.59 Å². The molecule has 0 radical (unpaired) electrons. The highest BCUT2D eigenvalue weighted by Crippen LogP contribution is 2.15.